The maximum atomic E-state index is 11.9. The molecule has 21 heterocycles. The highest BCUT2D eigenvalue weighted by Gasteiger charge is 2.59. The third-order valence-corrected chi connectivity index (χ3v) is 14.9. The largest absolute Gasteiger partial charge is 0.394 e. The molecule has 14 bridgehead atoms. The number of hydrogen-bond acceptors (Lipinski definition) is 35. The third-order valence-electron chi connectivity index (χ3n) is 14.9. The maximum Gasteiger partial charge on any atom is 0.187 e. The smallest absolute Gasteiger partial charge is 0.187 e. The van der Waals surface area contributed by atoms with E-state index in [2.05, 4.69) is 0 Å². The van der Waals surface area contributed by atoms with Gasteiger partial charge in [0, 0.05) is 6.42 Å². The number of aliphatic hydroxyl groups excluding tert-OH is 20. The lowest BCUT2D eigenvalue weighted by molar-refractivity contribution is -0.396. The lowest BCUT2D eigenvalue weighted by Gasteiger charge is -2.50. The fourth-order valence-electron chi connectivity index (χ4n) is 10.6. The molecule has 0 aromatic carbocycles. The molecule has 21 saturated heterocycles. The van der Waals surface area contributed by atoms with Crippen LogP contribution in [-0.2, 0) is 71.1 Å². The number of aliphatic hydroxyl groups is 20. The Morgan fingerprint density at radius 2 is 0.359 bits per heavy atom. The molecular weight excluding hydrogens is 1080 g/mol. The first kappa shape index (κ1) is 62.4. The van der Waals surface area contributed by atoms with E-state index in [9.17, 15) is 107 Å². The summed E-state index contributed by atoms with van der Waals surface area (Å²) in [6, 6.07) is 0. The van der Waals surface area contributed by atoms with Crippen molar-refractivity contribution >= 4 is 6.29 Å². The van der Waals surface area contributed by atoms with Crippen molar-refractivity contribution in [2.24, 2.45) is 0 Å². The fraction of sp³-hybridized carbons (Fsp3) is 0.977. The zero-order valence-corrected chi connectivity index (χ0v) is 40.8. The van der Waals surface area contributed by atoms with Crippen LogP contribution in [0.2, 0.25) is 0 Å². The van der Waals surface area contributed by atoms with Crippen LogP contribution < -0.4 is 0 Å². The van der Waals surface area contributed by atoms with Gasteiger partial charge in [0.15, 0.2) is 44.0 Å². The van der Waals surface area contributed by atoms with Crippen LogP contribution >= 0.6 is 0 Å². The van der Waals surface area contributed by atoms with Gasteiger partial charge in [-0.15, -0.1) is 0 Å². The molecule has 0 unspecified atom stereocenters. The summed E-state index contributed by atoms with van der Waals surface area (Å²) in [4.78, 5) is 11.9. The Kier molecular flexibility index (Phi) is 21.2. The predicted molar refractivity (Wildman–Crippen MR) is 232 cm³/mol. The summed E-state index contributed by atoms with van der Waals surface area (Å²) in [6.07, 6.45) is -70.7. The topological polar surface area (TPSA) is 551 Å². The van der Waals surface area contributed by atoms with Crippen molar-refractivity contribution in [1.29, 1.82) is 0 Å². The molecule has 21 aliphatic rings. The molecule has 78 heavy (non-hydrogen) atoms. The van der Waals surface area contributed by atoms with E-state index in [0.717, 1.165) is 0 Å². The zero-order valence-electron chi connectivity index (χ0n) is 40.8. The van der Waals surface area contributed by atoms with Crippen molar-refractivity contribution in [1.82, 2.24) is 0 Å². The van der Waals surface area contributed by atoms with E-state index in [1.165, 1.54) is 0 Å². The van der Waals surface area contributed by atoms with Gasteiger partial charge in [0.1, 0.15) is 171 Å². The van der Waals surface area contributed by atoms with Crippen LogP contribution in [0.15, 0.2) is 0 Å². The lowest BCUT2D eigenvalue weighted by Crippen LogP contribution is -2.68. The molecule has 0 spiro atoms. The average Bonchev–Trinajstić information content (AvgIpc) is 3.43. The molecular formula is C43H70O35. The molecule has 0 amide bonds. The molecule has 0 aromatic heterocycles. The van der Waals surface area contributed by atoms with E-state index in [4.69, 9.17) is 66.3 Å². The van der Waals surface area contributed by atoms with Crippen LogP contribution in [0.3, 0.4) is 0 Å². The SMILES string of the molecule is O=CC[C@H]1O[C@@H]2O[C@H]3[C@H](O)[C@@H](O)[C@@H](O[C@H]4[C@H](O)[C@@H](O)[C@@H](O[C@H]5[C@H](O)[C@@H](O)[C@@H](O[C@H]6[C@H](O)[C@@H](O)[C@@H](O[C@H]7[C@H](O)[C@@H](O)[C@@H](O[C@H]8[C@H](O)[C@@H](O)[C@@H](O[C@H]1[C@H](O)[C@H]2O)O[C@@H]8CO)O[C@@H]7CO)O[C@@H]6CO)O[C@@H]5CO)O[C@@H]4CO)O[C@@H]3CO. The summed E-state index contributed by atoms with van der Waals surface area (Å²) in [6.45, 7) is -6.31. The highest BCUT2D eigenvalue weighted by molar-refractivity contribution is 5.50. The van der Waals surface area contributed by atoms with Crippen molar-refractivity contribution in [2.45, 2.75) is 221 Å². The second-order valence-corrected chi connectivity index (χ2v) is 19.9. The van der Waals surface area contributed by atoms with E-state index in [1.54, 1.807) is 0 Å². The summed E-state index contributed by atoms with van der Waals surface area (Å²) < 4.78 is 79.8. The number of hydrogen-bond donors (Lipinski definition) is 20. The van der Waals surface area contributed by atoms with Gasteiger partial charge in [0.25, 0.3) is 0 Å². The molecule has 452 valence electrons. The minimum Gasteiger partial charge on any atom is -0.394 e. The van der Waals surface area contributed by atoms with Gasteiger partial charge < -0.3 is 173 Å². The Morgan fingerprint density at radius 1 is 0.218 bits per heavy atom. The summed E-state index contributed by atoms with van der Waals surface area (Å²) in [5.41, 5.74) is 0. The summed E-state index contributed by atoms with van der Waals surface area (Å²) >= 11 is 0. The van der Waals surface area contributed by atoms with Crippen LogP contribution in [0.25, 0.3) is 0 Å². The van der Waals surface area contributed by atoms with E-state index in [1.807, 2.05) is 0 Å². The van der Waals surface area contributed by atoms with Gasteiger partial charge in [0.05, 0.1) is 45.7 Å². The van der Waals surface area contributed by atoms with Gasteiger partial charge in [-0.2, -0.15) is 0 Å². The second kappa shape index (κ2) is 26.5. The van der Waals surface area contributed by atoms with E-state index >= 15 is 0 Å². The first-order valence-corrected chi connectivity index (χ1v) is 24.9. The highest BCUT2D eigenvalue weighted by Crippen LogP contribution is 2.39. The lowest BCUT2D eigenvalue weighted by atomic mass is 9.94. The number of carbonyl (C=O) groups excluding carboxylic acids is 1. The van der Waals surface area contributed by atoms with Crippen molar-refractivity contribution < 1.29 is 173 Å². The van der Waals surface area contributed by atoms with E-state index in [-0.39, 0.29) is 6.29 Å². The second-order valence-electron chi connectivity index (χ2n) is 19.9. The third kappa shape index (κ3) is 12.1. The number of rotatable bonds is 8. The number of aldehydes is 1. The summed E-state index contributed by atoms with van der Waals surface area (Å²) in [5.74, 6) is 0. The molecule has 21 fully saturated rings. The maximum absolute atomic E-state index is 11.9. The Labute approximate surface area is 440 Å². The first-order chi connectivity index (χ1) is 37.2. The fourth-order valence-corrected chi connectivity index (χ4v) is 10.6. The quantitative estimate of drug-likeness (QED) is 0.100. The number of ether oxygens (including phenoxy) is 14. The average molecular weight is 1150 g/mol. The first-order valence-electron chi connectivity index (χ1n) is 24.9. The van der Waals surface area contributed by atoms with Crippen LogP contribution in [0, 0.1) is 0 Å². The molecule has 20 N–H and O–H groups in total. The summed E-state index contributed by atoms with van der Waals surface area (Å²) in [5, 5.41) is 220. The van der Waals surface area contributed by atoms with Crippen LogP contribution in [0.4, 0.5) is 0 Å². The molecule has 0 aliphatic carbocycles. The van der Waals surface area contributed by atoms with E-state index in [0.29, 0.717) is 0 Å². The van der Waals surface area contributed by atoms with Gasteiger partial charge in [-0.3, -0.25) is 0 Å². The Balaban J connectivity index is 1.08. The van der Waals surface area contributed by atoms with Gasteiger partial charge in [-0.1, -0.05) is 0 Å². The van der Waals surface area contributed by atoms with Crippen molar-refractivity contribution in [2.75, 3.05) is 39.6 Å². The van der Waals surface area contributed by atoms with E-state index < -0.39 is 261 Å². The summed E-state index contributed by atoms with van der Waals surface area (Å²) in [7, 11) is 0. The monoisotopic (exact) mass is 1150 g/mol. The normalized spacial score (nSPS) is 54.7. The Morgan fingerprint density at radius 3 is 0.500 bits per heavy atom. The van der Waals surface area contributed by atoms with Crippen LogP contribution in [0.5, 0.6) is 0 Å². The molecule has 0 aromatic rings. The van der Waals surface area contributed by atoms with Gasteiger partial charge in [-0.05, 0) is 0 Å². The van der Waals surface area contributed by atoms with Crippen LogP contribution in [-0.4, -0.2) is 363 Å². The minimum absolute atomic E-state index is 0.282. The highest BCUT2D eigenvalue weighted by atomic mass is 16.8. The minimum atomic E-state index is -2.21. The molecule has 35 nitrogen and oxygen atoms in total. The predicted octanol–water partition coefficient (Wildman–Crippen LogP) is -14.6. The Bertz CT molecular complexity index is 1870. The molecule has 35 heteroatoms. The van der Waals surface area contributed by atoms with Gasteiger partial charge in [-0.25, -0.2) is 0 Å². The van der Waals surface area contributed by atoms with Crippen molar-refractivity contribution in [3.05, 3.63) is 0 Å². The molecule has 21 rings (SSSR count). The molecule has 0 saturated carbocycles. The zero-order chi connectivity index (χ0) is 56.8. The number of carbonyl (C=O) groups is 1. The van der Waals surface area contributed by atoms with Crippen LogP contribution in [0.1, 0.15) is 6.42 Å². The van der Waals surface area contributed by atoms with Crippen molar-refractivity contribution in [3.8, 4) is 0 Å². The Hall–Kier alpha value is -1.69. The van der Waals surface area contributed by atoms with Crippen molar-refractivity contribution in [3.63, 3.8) is 0 Å². The molecule has 21 aliphatic heterocycles. The van der Waals surface area contributed by atoms with Gasteiger partial charge in [0.2, 0.25) is 0 Å². The molecule has 35 atom stereocenters. The van der Waals surface area contributed by atoms with Gasteiger partial charge >= 0.3 is 0 Å². The standard InChI is InChI=1S/C43H70O35/c44-2-1-9-30-16(51)23(58)37(65-9)73-31-10(3-45)67-39(25(60)18(31)53)75-33-12(5-47)69-41(27(62)20(33)55)77-35-14(7-49)71-43(29(64)22(35)57)78-36-15(8-50)70-42(28(63)21(36)56)76-34-13(6-48)68-40(26(61)19(34)54)74-32-11(4-46)66-38(72-30)24(59)17(32)52/h2,9-43,45-64H,1,3-8H2/t9-,10-,11-,12-,13-,14-,15-,16-,17-,18-,19-,20-,21-,22-,23-,24-,25-,26-,27-,28-,29-,30-,31-,32-,33-,34-,35-,36-,37-,38-,39-,40-,41-,42-,43-/m1/s1. The molecule has 0 radical (unpaired) electrons.